The predicted octanol–water partition coefficient (Wildman–Crippen LogP) is 1.71. The summed E-state index contributed by atoms with van der Waals surface area (Å²) in [6, 6.07) is 6.85. The maximum absolute atomic E-state index is 12.6. The Morgan fingerprint density at radius 1 is 1.19 bits per heavy atom. The van der Waals surface area contributed by atoms with Gasteiger partial charge < -0.3 is 19.4 Å². The molecule has 3 rings (SSSR count). The number of fused-ring (bicyclic) bond motifs is 1. The lowest BCUT2D eigenvalue weighted by atomic mass is 10.2. The zero-order valence-electron chi connectivity index (χ0n) is 15.6. The Morgan fingerprint density at radius 2 is 1.89 bits per heavy atom. The summed E-state index contributed by atoms with van der Waals surface area (Å²) in [4.78, 5) is 12.6. The van der Waals surface area contributed by atoms with E-state index in [2.05, 4.69) is 5.32 Å². The molecule has 0 bridgehead atoms. The molecule has 8 nitrogen and oxygen atoms in total. The van der Waals surface area contributed by atoms with Crippen LogP contribution in [0.5, 0.6) is 11.5 Å². The fourth-order valence-electron chi connectivity index (χ4n) is 2.94. The molecular formula is C18H23N3O5S. The second-order valence-corrected chi connectivity index (χ2v) is 8.07. The molecule has 0 atom stereocenters. The van der Waals surface area contributed by atoms with Crippen LogP contribution >= 0.6 is 0 Å². The van der Waals surface area contributed by atoms with Gasteiger partial charge in [-0.3, -0.25) is 4.79 Å². The molecule has 1 aromatic carbocycles. The molecule has 2 heterocycles. The van der Waals surface area contributed by atoms with E-state index in [1.807, 2.05) is 12.1 Å². The molecule has 0 aliphatic carbocycles. The van der Waals surface area contributed by atoms with E-state index in [1.54, 1.807) is 27.0 Å². The summed E-state index contributed by atoms with van der Waals surface area (Å²) in [6.07, 6.45) is 1.46. The average Bonchev–Trinajstić information content (AvgIpc) is 3.26. The van der Waals surface area contributed by atoms with Gasteiger partial charge in [0.05, 0.1) is 0 Å². The van der Waals surface area contributed by atoms with Crippen molar-refractivity contribution in [1.29, 1.82) is 0 Å². The minimum atomic E-state index is -3.61. The molecule has 2 aromatic rings. The van der Waals surface area contributed by atoms with Gasteiger partial charge in [0.25, 0.3) is 5.91 Å². The molecule has 0 fully saturated rings. The van der Waals surface area contributed by atoms with Gasteiger partial charge in [-0.1, -0.05) is 19.9 Å². The van der Waals surface area contributed by atoms with Gasteiger partial charge in [0, 0.05) is 32.9 Å². The van der Waals surface area contributed by atoms with Crippen LogP contribution < -0.4 is 14.8 Å². The number of benzene rings is 1. The van der Waals surface area contributed by atoms with Crippen molar-refractivity contribution in [2.45, 2.75) is 25.3 Å². The fraction of sp³-hybridized carbons (Fsp3) is 0.389. The van der Waals surface area contributed by atoms with Crippen LogP contribution in [0.15, 0.2) is 35.4 Å². The number of hydrogen-bond donors (Lipinski definition) is 1. The Bertz CT molecular complexity index is 948. The largest absolute Gasteiger partial charge is 0.454 e. The number of nitrogens with one attached hydrogen (secondary N) is 1. The lowest BCUT2D eigenvalue weighted by molar-refractivity contribution is 0.0942. The van der Waals surface area contributed by atoms with Crippen molar-refractivity contribution in [3.05, 3.63) is 41.7 Å². The highest BCUT2D eigenvalue weighted by Crippen LogP contribution is 2.32. The van der Waals surface area contributed by atoms with Crippen LogP contribution in [0.25, 0.3) is 0 Å². The molecule has 0 saturated heterocycles. The van der Waals surface area contributed by atoms with Gasteiger partial charge in [0.2, 0.25) is 16.8 Å². The van der Waals surface area contributed by atoms with Crippen molar-refractivity contribution >= 4 is 15.9 Å². The quantitative estimate of drug-likeness (QED) is 0.774. The summed E-state index contributed by atoms with van der Waals surface area (Å²) >= 11 is 0. The summed E-state index contributed by atoms with van der Waals surface area (Å²) in [6.45, 7) is 4.79. The van der Waals surface area contributed by atoms with E-state index in [4.69, 9.17) is 9.47 Å². The first-order valence-corrected chi connectivity index (χ1v) is 10.1. The zero-order chi connectivity index (χ0) is 19.6. The first-order chi connectivity index (χ1) is 12.9. The van der Waals surface area contributed by atoms with Gasteiger partial charge >= 0.3 is 0 Å². The van der Waals surface area contributed by atoms with Crippen molar-refractivity contribution in [3.63, 3.8) is 0 Å². The topological polar surface area (TPSA) is 89.9 Å². The molecule has 0 saturated carbocycles. The molecule has 0 radical (unpaired) electrons. The smallest absolute Gasteiger partial charge is 0.268 e. The molecule has 9 heteroatoms. The van der Waals surface area contributed by atoms with Gasteiger partial charge in [0.1, 0.15) is 10.6 Å². The average molecular weight is 393 g/mol. The Morgan fingerprint density at radius 3 is 2.59 bits per heavy atom. The molecule has 1 N–H and O–H groups in total. The van der Waals surface area contributed by atoms with Crippen LogP contribution in [0.2, 0.25) is 0 Å². The maximum Gasteiger partial charge on any atom is 0.268 e. The number of aromatic nitrogens is 1. The molecule has 0 spiro atoms. The molecule has 0 unspecified atom stereocenters. The zero-order valence-corrected chi connectivity index (χ0v) is 16.4. The Kier molecular flexibility index (Phi) is 5.43. The van der Waals surface area contributed by atoms with E-state index in [-0.39, 0.29) is 23.3 Å². The third kappa shape index (κ3) is 3.79. The highest BCUT2D eigenvalue weighted by Gasteiger charge is 2.25. The molecule has 27 heavy (non-hydrogen) atoms. The van der Waals surface area contributed by atoms with E-state index in [0.29, 0.717) is 31.1 Å². The molecular weight excluding hydrogens is 370 g/mol. The standard InChI is InChI=1S/C18H23N3O5S/c1-4-21(5-2)27(23,24)14-9-15(20(3)11-14)18(22)19-10-13-6-7-16-17(8-13)26-12-25-16/h6-9,11H,4-5,10,12H2,1-3H3,(H,19,22). The highest BCUT2D eigenvalue weighted by atomic mass is 32.2. The number of ether oxygens (including phenoxy) is 2. The monoisotopic (exact) mass is 393 g/mol. The summed E-state index contributed by atoms with van der Waals surface area (Å²) in [5, 5.41) is 2.80. The summed E-state index contributed by atoms with van der Waals surface area (Å²) in [5.74, 6) is 0.975. The number of hydrogen-bond acceptors (Lipinski definition) is 5. The Balaban J connectivity index is 1.73. The second kappa shape index (κ2) is 7.61. The molecule has 1 aromatic heterocycles. The molecule has 146 valence electrons. The van der Waals surface area contributed by atoms with E-state index >= 15 is 0 Å². The summed E-state index contributed by atoms with van der Waals surface area (Å²) < 4.78 is 38.7. The van der Waals surface area contributed by atoms with Gasteiger partial charge in [-0.05, 0) is 23.8 Å². The SMILES string of the molecule is CCN(CC)S(=O)(=O)c1cc(C(=O)NCc2ccc3c(c2)OCO3)n(C)c1. The van der Waals surface area contributed by atoms with Crippen LogP contribution in [-0.2, 0) is 23.6 Å². The van der Waals surface area contributed by atoms with Crippen LogP contribution in [0.1, 0.15) is 29.9 Å². The molecule has 1 amide bonds. The number of rotatable bonds is 7. The number of nitrogens with zero attached hydrogens (tertiary/aromatic N) is 2. The number of aryl methyl sites for hydroxylation is 1. The van der Waals surface area contributed by atoms with Crippen LogP contribution in [0, 0.1) is 0 Å². The van der Waals surface area contributed by atoms with Gasteiger partial charge in [-0.15, -0.1) is 0 Å². The number of sulfonamides is 1. The minimum absolute atomic E-state index is 0.113. The lowest BCUT2D eigenvalue weighted by Crippen LogP contribution is -2.30. The maximum atomic E-state index is 12.6. The van der Waals surface area contributed by atoms with Crippen molar-refractivity contribution in [1.82, 2.24) is 14.2 Å². The van der Waals surface area contributed by atoms with E-state index in [0.717, 1.165) is 5.56 Å². The van der Waals surface area contributed by atoms with Crippen molar-refractivity contribution in [2.24, 2.45) is 7.05 Å². The fourth-order valence-corrected chi connectivity index (χ4v) is 4.47. The van der Waals surface area contributed by atoms with Crippen molar-refractivity contribution < 1.29 is 22.7 Å². The number of amides is 1. The Labute approximate surface area is 158 Å². The third-order valence-electron chi connectivity index (χ3n) is 4.45. The third-order valence-corrected chi connectivity index (χ3v) is 6.46. The second-order valence-electron chi connectivity index (χ2n) is 6.13. The number of carbonyl (C=O) groups excluding carboxylic acids is 1. The Hall–Kier alpha value is -2.52. The van der Waals surface area contributed by atoms with Crippen molar-refractivity contribution in [2.75, 3.05) is 19.9 Å². The van der Waals surface area contributed by atoms with Gasteiger partial charge in [-0.2, -0.15) is 4.31 Å². The molecule has 1 aliphatic rings. The minimum Gasteiger partial charge on any atom is -0.454 e. The van der Waals surface area contributed by atoms with Crippen LogP contribution in [-0.4, -0.2) is 43.1 Å². The summed E-state index contributed by atoms with van der Waals surface area (Å²) in [5.41, 5.74) is 1.14. The molecule has 1 aliphatic heterocycles. The number of carbonyl (C=O) groups is 1. The summed E-state index contributed by atoms with van der Waals surface area (Å²) in [7, 11) is -1.96. The van der Waals surface area contributed by atoms with E-state index in [1.165, 1.54) is 21.1 Å². The first-order valence-electron chi connectivity index (χ1n) is 8.70. The van der Waals surface area contributed by atoms with Gasteiger partial charge in [-0.25, -0.2) is 8.42 Å². The highest BCUT2D eigenvalue weighted by molar-refractivity contribution is 7.89. The van der Waals surface area contributed by atoms with Crippen LogP contribution in [0.3, 0.4) is 0 Å². The predicted molar refractivity (Wildman–Crippen MR) is 99.3 cm³/mol. The first kappa shape index (κ1) is 19.2. The van der Waals surface area contributed by atoms with E-state index in [9.17, 15) is 13.2 Å². The van der Waals surface area contributed by atoms with E-state index < -0.39 is 10.0 Å². The van der Waals surface area contributed by atoms with Gasteiger partial charge in [0.15, 0.2) is 11.5 Å². The normalized spacial score (nSPS) is 13.2. The van der Waals surface area contributed by atoms with Crippen LogP contribution in [0.4, 0.5) is 0 Å². The van der Waals surface area contributed by atoms with Crippen molar-refractivity contribution in [3.8, 4) is 11.5 Å². The lowest BCUT2D eigenvalue weighted by Gasteiger charge is -2.17.